The Balaban J connectivity index is 2.56. The molecule has 0 spiro atoms. The Morgan fingerprint density at radius 1 is 1.15 bits per heavy atom. The fourth-order valence-corrected chi connectivity index (χ4v) is 2.13. The lowest BCUT2D eigenvalue weighted by Crippen LogP contribution is -2.33. The number of benzene rings is 1. The van der Waals surface area contributed by atoms with Gasteiger partial charge in [-0.3, -0.25) is 5.41 Å². The van der Waals surface area contributed by atoms with Gasteiger partial charge in [0.05, 0.1) is 15.7 Å². The van der Waals surface area contributed by atoms with Crippen molar-refractivity contribution in [1.82, 2.24) is 9.97 Å². The molecule has 104 valence electrons. The molecule has 0 aliphatic carbocycles. The summed E-state index contributed by atoms with van der Waals surface area (Å²) in [5.41, 5.74) is 6.78. The van der Waals surface area contributed by atoms with Crippen molar-refractivity contribution in [2.75, 3.05) is 4.90 Å². The maximum absolute atomic E-state index is 7.70. The van der Waals surface area contributed by atoms with Crippen molar-refractivity contribution in [3.05, 3.63) is 45.2 Å². The third kappa shape index (κ3) is 3.12. The van der Waals surface area contributed by atoms with Crippen LogP contribution in [0, 0.1) is 12.3 Å². The summed E-state index contributed by atoms with van der Waals surface area (Å²) in [5, 5.41) is 8.71. The van der Waals surface area contributed by atoms with E-state index in [0.717, 1.165) is 0 Å². The summed E-state index contributed by atoms with van der Waals surface area (Å²) in [5.74, 6) is -0.0639. The summed E-state index contributed by atoms with van der Waals surface area (Å²) < 4.78 is 0. The monoisotopic (exact) mass is 329 g/mol. The molecular weight excluding hydrogens is 321 g/mol. The Labute approximate surface area is 130 Å². The van der Waals surface area contributed by atoms with Gasteiger partial charge in [0.2, 0.25) is 5.95 Å². The van der Waals surface area contributed by atoms with Gasteiger partial charge in [0.25, 0.3) is 0 Å². The molecule has 1 aromatic heterocycles. The first-order valence-corrected chi connectivity index (χ1v) is 6.62. The molecular formula is C12H10Cl3N5. The summed E-state index contributed by atoms with van der Waals surface area (Å²) in [6.45, 7) is 1.77. The quantitative estimate of drug-likeness (QED) is 0.499. The molecule has 1 aromatic carbocycles. The number of aromatic nitrogens is 2. The number of halogens is 3. The van der Waals surface area contributed by atoms with Gasteiger partial charge in [-0.1, -0.05) is 34.8 Å². The highest BCUT2D eigenvalue weighted by atomic mass is 35.5. The third-order valence-corrected chi connectivity index (χ3v) is 3.35. The largest absolute Gasteiger partial charge is 0.369 e. The van der Waals surface area contributed by atoms with Gasteiger partial charge < -0.3 is 5.73 Å². The van der Waals surface area contributed by atoms with E-state index in [9.17, 15) is 0 Å². The van der Waals surface area contributed by atoms with Gasteiger partial charge in [0, 0.05) is 5.69 Å². The zero-order valence-electron chi connectivity index (χ0n) is 10.4. The van der Waals surface area contributed by atoms with Crippen molar-refractivity contribution < 1.29 is 0 Å². The molecule has 5 nitrogen and oxygen atoms in total. The molecule has 0 saturated carbocycles. The van der Waals surface area contributed by atoms with Crippen LogP contribution in [0.3, 0.4) is 0 Å². The SMILES string of the molecule is Cc1cc(Cl)nc(N(C(=N)N)c2ccc(Cl)c(Cl)c2)n1. The van der Waals surface area contributed by atoms with Gasteiger partial charge in [-0.15, -0.1) is 0 Å². The van der Waals surface area contributed by atoms with E-state index < -0.39 is 0 Å². The second kappa shape index (κ2) is 5.83. The number of nitrogens with one attached hydrogen (secondary N) is 1. The van der Waals surface area contributed by atoms with E-state index in [1.807, 2.05) is 0 Å². The normalized spacial score (nSPS) is 10.4. The summed E-state index contributed by atoms with van der Waals surface area (Å²) >= 11 is 17.8. The molecule has 0 aliphatic heterocycles. The van der Waals surface area contributed by atoms with E-state index in [1.165, 1.54) is 4.90 Å². The fraction of sp³-hybridized carbons (Fsp3) is 0.0833. The highest BCUT2D eigenvalue weighted by Gasteiger charge is 2.17. The topological polar surface area (TPSA) is 78.9 Å². The van der Waals surface area contributed by atoms with Crippen LogP contribution in [0.15, 0.2) is 24.3 Å². The highest BCUT2D eigenvalue weighted by molar-refractivity contribution is 6.42. The number of nitrogens with two attached hydrogens (primary N) is 1. The van der Waals surface area contributed by atoms with Gasteiger partial charge in [0.15, 0.2) is 5.96 Å². The Morgan fingerprint density at radius 2 is 1.85 bits per heavy atom. The van der Waals surface area contributed by atoms with Gasteiger partial charge >= 0.3 is 0 Å². The molecule has 0 amide bonds. The van der Waals surface area contributed by atoms with Crippen LogP contribution in [-0.2, 0) is 0 Å². The third-order valence-electron chi connectivity index (χ3n) is 2.41. The predicted octanol–water partition coefficient (Wildman–Crippen LogP) is 3.78. The molecule has 0 radical (unpaired) electrons. The second-order valence-corrected chi connectivity index (χ2v) is 5.15. The fourth-order valence-electron chi connectivity index (χ4n) is 1.60. The van der Waals surface area contributed by atoms with E-state index >= 15 is 0 Å². The first kappa shape index (κ1) is 14.8. The minimum atomic E-state index is -0.259. The molecule has 2 aromatic rings. The van der Waals surface area contributed by atoms with Crippen molar-refractivity contribution in [2.45, 2.75) is 6.92 Å². The Bertz CT molecular complexity index is 654. The Kier molecular flexibility index (Phi) is 4.32. The zero-order valence-corrected chi connectivity index (χ0v) is 12.6. The average molecular weight is 331 g/mol. The second-order valence-electron chi connectivity index (χ2n) is 3.95. The maximum atomic E-state index is 7.70. The van der Waals surface area contributed by atoms with Gasteiger partial charge in [-0.2, -0.15) is 0 Å². The van der Waals surface area contributed by atoms with Crippen LogP contribution in [0.2, 0.25) is 15.2 Å². The van der Waals surface area contributed by atoms with E-state index in [2.05, 4.69) is 9.97 Å². The molecule has 20 heavy (non-hydrogen) atoms. The first-order chi connectivity index (χ1) is 9.38. The molecule has 0 unspecified atom stereocenters. The number of guanidine groups is 1. The molecule has 0 bridgehead atoms. The van der Waals surface area contributed by atoms with Gasteiger partial charge in [-0.25, -0.2) is 14.9 Å². The summed E-state index contributed by atoms with van der Waals surface area (Å²) in [6.07, 6.45) is 0. The smallest absolute Gasteiger partial charge is 0.238 e. The van der Waals surface area contributed by atoms with E-state index in [1.54, 1.807) is 31.2 Å². The van der Waals surface area contributed by atoms with E-state index in [4.69, 9.17) is 45.9 Å². The minimum Gasteiger partial charge on any atom is -0.369 e. The lowest BCUT2D eigenvalue weighted by atomic mass is 10.3. The van der Waals surface area contributed by atoms with Crippen LogP contribution in [-0.4, -0.2) is 15.9 Å². The molecule has 1 heterocycles. The number of hydrogen-bond acceptors (Lipinski definition) is 3. The van der Waals surface area contributed by atoms with E-state index in [0.29, 0.717) is 21.4 Å². The van der Waals surface area contributed by atoms with E-state index in [-0.39, 0.29) is 17.1 Å². The Hall–Kier alpha value is -1.56. The minimum absolute atomic E-state index is 0.195. The number of rotatable bonds is 2. The molecule has 0 aliphatic rings. The Morgan fingerprint density at radius 3 is 2.40 bits per heavy atom. The zero-order chi connectivity index (χ0) is 14.9. The van der Waals surface area contributed by atoms with Crippen molar-refractivity contribution >= 4 is 52.4 Å². The van der Waals surface area contributed by atoms with Crippen LogP contribution in [0.4, 0.5) is 11.6 Å². The highest BCUT2D eigenvalue weighted by Crippen LogP contribution is 2.30. The van der Waals surface area contributed by atoms with Crippen LogP contribution >= 0.6 is 34.8 Å². The molecule has 0 fully saturated rings. The maximum Gasteiger partial charge on any atom is 0.238 e. The van der Waals surface area contributed by atoms with Crippen molar-refractivity contribution in [3.8, 4) is 0 Å². The van der Waals surface area contributed by atoms with Crippen LogP contribution in [0.1, 0.15) is 5.69 Å². The number of hydrogen-bond donors (Lipinski definition) is 2. The molecule has 0 atom stereocenters. The number of nitrogens with zero attached hydrogens (tertiary/aromatic N) is 3. The van der Waals surface area contributed by atoms with Crippen molar-refractivity contribution in [1.29, 1.82) is 5.41 Å². The standard InChI is InChI=1S/C12H10Cl3N5/c1-6-4-10(15)19-12(18-6)20(11(16)17)7-2-3-8(13)9(14)5-7/h2-5H,1H3,(H3,16,17). The van der Waals surface area contributed by atoms with Gasteiger partial charge in [0.1, 0.15) is 5.15 Å². The molecule has 2 rings (SSSR count). The lowest BCUT2D eigenvalue weighted by molar-refractivity contribution is 1.05. The lowest BCUT2D eigenvalue weighted by Gasteiger charge is -2.21. The summed E-state index contributed by atoms with van der Waals surface area (Å²) in [4.78, 5) is 9.61. The molecule has 0 saturated heterocycles. The molecule has 8 heteroatoms. The van der Waals surface area contributed by atoms with Crippen molar-refractivity contribution in [3.63, 3.8) is 0 Å². The average Bonchev–Trinajstić information content (AvgIpc) is 2.32. The molecule has 3 N–H and O–H groups in total. The van der Waals surface area contributed by atoms with Crippen LogP contribution in [0.25, 0.3) is 0 Å². The van der Waals surface area contributed by atoms with Gasteiger partial charge in [-0.05, 0) is 31.2 Å². The predicted molar refractivity (Wildman–Crippen MR) is 82.3 cm³/mol. The number of anilines is 2. The summed E-state index contributed by atoms with van der Waals surface area (Å²) in [6, 6.07) is 6.45. The first-order valence-electron chi connectivity index (χ1n) is 5.49. The van der Waals surface area contributed by atoms with Crippen LogP contribution in [0.5, 0.6) is 0 Å². The van der Waals surface area contributed by atoms with Crippen molar-refractivity contribution in [2.24, 2.45) is 5.73 Å². The van der Waals surface area contributed by atoms with Crippen LogP contribution < -0.4 is 10.6 Å². The number of aryl methyl sites for hydroxylation is 1. The summed E-state index contributed by atoms with van der Waals surface area (Å²) in [7, 11) is 0.